The van der Waals surface area contributed by atoms with Crippen LogP contribution in [0.15, 0.2) is 144 Å². The number of ether oxygens (including phenoxy) is 1. The molecule has 1 aliphatic rings. The minimum Gasteiger partial charge on any atom is -0.457 e. The molecular formula is C43H32N6O2. The Bertz CT molecular complexity index is 2590. The Kier molecular flexibility index (Phi) is 7.17. The zero-order valence-electron chi connectivity index (χ0n) is 28.3. The van der Waals surface area contributed by atoms with Crippen LogP contribution in [0.3, 0.4) is 0 Å². The highest BCUT2D eigenvalue weighted by molar-refractivity contribution is 5.80. The first-order valence-corrected chi connectivity index (χ1v) is 16.8. The fraction of sp³-hybridized carbons (Fsp3) is 0.0930. The number of anilines is 2. The summed E-state index contributed by atoms with van der Waals surface area (Å²) < 4.78 is 12.6. The van der Waals surface area contributed by atoms with Crippen molar-refractivity contribution in [3.8, 4) is 67.6 Å². The number of nitrogens with zero attached hydrogens (tertiary/aromatic N) is 6. The van der Waals surface area contributed by atoms with E-state index in [9.17, 15) is 0 Å². The summed E-state index contributed by atoms with van der Waals surface area (Å²) >= 11 is 0. The summed E-state index contributed by atoms with van der Waals surface area (Å²) in [5.41, 5.74) is 9.49. The van der Waals surface area contributed by atoms with Gasteiger partial charge in [-0.15, -0.1) is 0 Å². The van der Waals surface area contributed by atoms with Crippen molar-refractivity contribution < 1.29 is 9.15 Å². The maximum atomic E-state index is 6.43. The molecule has 5 aromatic carbocycles. The minimum atomic E-state index is -0.472. The van der Waals surface area contributed by atoms with Crippen molar-refractivity contribution in [1.29, 1.82) is 0 Å². The number of hydrogen-bond acceptors (Lipinski definition) is 8. The van der Waals surface area contributed by atoms with Gasteiger partial charge in [-0.2, -0.15) is 9.97 Å². The molecule has 0 saturated carbocycles. The number of oxazole rings is 1. The molecule has 8 aromatic rings. The van der Waals surface area contributed by atoms with Gasteiger partial charge in [-0.1, -0.05) is 72.8 Å². The van der Waals surface area contributed by atoms with E-state index in [2.05, 4.69) is 98.6 Å². The van der Waals surface area contributed by atoms with Gasteiger partial charge in [0.05, 0.1) is 11.9 Å². The van der Waals surface area contributed by atoms with Gasteiger partial charge in [0.25, 0.3) is 0 Å². The summed E-state index contributed by atoms with van der Waals surface area (Å²) in [4.78, 5) is 26.0. The Morgan fingerprint density at radius 2 is 1.02 bits per heavy atom. The van der Waals surface area contributed by atoms with E-state index in [4.69, 9.17) is 29.1 Å². The molecule has 3 aromatic heterocycles. The summed E-state index contributed by atoms with van der Waals surface area (Å²) in [5, 5.41) is 0. The van der Waals surface area contributed by atoms with Crippen LogP contribution in [0.25, 0.3) is 67.3 Å². The van der Waals surface area contributed by atoms with Crippen LogP contribution in [0.5, 0.6) is 11.5 Å². The van der Waals surface area contributed by atoms with Crippen LogP contribution in [0.4, 0.5) is 11.9 Å². The number of benzene rings is 5. The van der Waals surface area contributed by atoms with Crippen LogP contribution < -0.4 is 9.64 Å². The highest BCUT2D eigenvalue weighted by Crippen LogP contribution is 2.36. The first-order valence-electron chi connectivity index (χ1n) is 16.8. The molecule has 9 rings (SSSR count). The molecule has 0 atom stereocenters. The summed E-state index contributed by atoms with van der Waals surface area (Å²) in [6.07, 6.45) is 3.42. The minimum absolute atomic E-state index is 0.420. The average Bonchev–Trinajstić information content (AvgIpc) is 3.59. The second-order valence-electron chi connectivity index (χ2n) is 13.5. The van der Waals surface area contributed by atoms with Gasteiger partial charge in [0.1, 0.15) is 11.5 Å². The Morgan fingerprint density at radius 1 is 0.510 bits per heavy atom. The standard InChI is InChI=1S/C43H32N6O2/c1-43(2,3)49-41-44-20-19-37(46-41)33-15-8-18-36(25-33)50-35-17-7-14-32(24-35)30-12-5-10-28(22-30)27-9-4-11-29(21-27)31-13-6-16-34(23-31)40-47-39-38(51-40)26-45-42(49)48-39/h4-26H,1-3H3. The molecule has 0 radical (unpaired) electrons. The van der Waals surface area contributed by atoms with Gasteiger partial charge in [-0.05, 0) is 109 Å². The second kappa shape index (κ2) is 12.0. The van der Waals surface area contributed by atoms with Crippen molar-refractivity contribution >= 4 is 23.1 Å². The van der Waals surface area contributed by atoms with Crippen LogP contribution in [0.1, 0.15) is 20.8 Å². The lowest BCUT2D eigenvalue weighted by Crippen LogP contribution is -2.39. The molecule has 246 valence electrons. The third-order valence-corrected chi connectivity index (χ3v) is 8.89. The van der Waals surface area contributed by atoms with Gasteiger partial charge < -0.3 is 9.15 Å². The SMILES string of the molecule is CC(C)(C)N1c2nccc(n2)-c2cccc(c2)Oc2cccc(c2)-c2cccc(c2)-c2cccc(c2)-c2cccc(c2)-c2nc3nc1ncc3o2. The quantitative estimate of drug-likeness (QED) is 0.158. The van der Waals surface area contributed by atoms with E-state index in [1.807, 2.05) is 59.5 Å². The highest BCUT2D eigenvalue weighted by Gasteiger charge is 2.29. The van der Waals surface area contributed by atoms with E-state index in [-0.39, 0.29) is 0 Å². The number of hydrogen-bond donors (Lipinski definition) is 0. The zero-order chi connectivity index (χ0) is 34.5. The van der Waals surface area contributed by atoms with Crippen LogP contribution in [-0.2, 0) is 0 Å². The van der Waals surface area contributed by atoms with Crippen molar-refractivity contribution in [2.24, 2.45) is 0 Å². The molecule has 15 bridgehead atoms. The Morgan fingerprint density at radius 3 is 1.65 bits per heavy atom. The van der Waals surface area contributed by atoms with E-state index in [1.54, 1.807) is 12.4 Å². The molecule has 0 aliphatic carbocycles. The van der Waals surface area contributed by atoms with Gasteiger partial charge in [0.15, 0.2) is 5.58 Å². The zero-order valence-corrected chi connectivity index (χ0v) is 28.3. The van der Waals surface area contributed by atoms with E-state index >= 15 is 0 Å². The number of fused-ring (bicyclic) bond motifs is 19. The van der Waals surface area contributed by atoms with E-state index in [0.29, 0.717) is 34.8 Å². The predicted molar refractivity (Wildman–Crippen MR) is 201 cm³/mol. The monoisotopic (exact) mass is 664 g/mol. The highest BCUT2D eigenvalue weighted by atomic mass is 16.5. The van der Waals surface area contributed by atoms with E-state index < -0.39 is 5.54 Å². The summed E-state index contributed by atoms with van der Waals surface area (Å²) in [7, 11) is 0. The fourth-order valence-electron chi connectivity index (χ4n) is 6.45. The van der Waals surface area contributed by atoms with Crippen molar-refractivity contribution in [1.82, 2.24) is 24.9 Å². The van der Waals surface area contributed by atoms with Crippen LogP contribution >= 0.6 is 0 Å². The smallest absolute Gasteiger partial charge is 0.235 e. The van der Waals surface area contributed by atoms with Crippen molar-refractivity contribution in [2.75, 3.05) is 4.90 Å². The molecule has 0 fully saturated rings. The molecule has 51 heavy (non-hydrogen) atoms. The van der Waals surface area contributed by atoms with Gasteiger partial charge in [0, 0.05) is 22.9 Å². The van der Waals surface area contributed by atoms with Gasteiger partial charge >= 0.3 is 0 Å². The third kappa shape index (κ3) is 5.87. The molecule has 0 saturated heterocycles. The van der Waals surface area contributed by atoms with Crippen molar-refractivity contribution in [2.45, 2.75) is 26.3 Å². The second-order valence-corrected chi connectivity index (χ2v) is 13.5. The number of aromatic nitrogens is 5. The lowest BCUT2D eigenvalue weighted by Gasteiger charge is -2.33. The Balaban J connectivity index is 1.23. The van der Waals surface area contributed by atoms with Crippen molar-refractivity contribution in [3.05, 3.63) is 140 Å². The third-order valence-electron chi connectivity index (χ3n) is 8.89. The van der Waals surface area contributed by atoms with Crippen LogP contribution in [0, 0.1) is 0 Å². The first kappa shape index (κ1) is 30.4. The topological polar surface area (TPSA) is 90.1 Å². The molecule has 0 N–H and O–H groups in total. The van der Waals surface area contributed by atoms with E-state index in [1.165, 1.54) is 0 Å². The van der Waals surface area contributed by atoms with Crippen LogP contribution in [-0.4, -0.2) is 30.5 Å². The molecule has 8 heteroatoms. The maximum absolute atomic E-state index is 6.43. The molecule has 8 nitrogen and oxygen atoms in total. The van der Waals surface area contributed by atoms with Gasteiger partial charge in [0.2, 0.25) is 23.4 Å². The average molecular weight is 665 g/mol. The van der Waals surface area contributed by atoms with E-state index in [0.717, 1.165) is 56.0 Å². The normalized spacial score (nSPS) is 12.3. The number of rotatable bonds is 0. The largest absolute Gasteiger partial charge is 0.457 e. The summed E-state index contributed by atoms with van der Waals surface area (Å²) in [5.74, 6) is 2.80. The Labute approximate surface area is 295 Å². The maximum Gasteiger partial charge on any atom is 0.235 e. The molecule has 4 heterocycles. The first-order chi connectivity index (χ1) is 24.8. The summed E-state index contributed by atoms with van der Waals surface area (Å²) in [6, 6.07) is 43.4. The Hall–Kier alpha value is -6.67. The van der Waals surface area contributed by atoms with Gasteiger partial charge in [-0.3, -0.25) is 4.90 Å². The van der Waals surface area contributed by atoms with Crippen molar-refractivity contribution in [3.63, 3.8) is 0 Å². The molecule has 0 spiro atoms. The molecule has 0 unspecified atom stereocenters. The lowest BCUT2D eigenvalue weighted by molar-refractivity contribution is 0.483. The van der Waals surface area contributed by atoms with Crippen LogP contribution in [0.2, 0.25) is 0 Å². The molecule has 0 amide bonds. The predicted octanol–water partition coefficient (Wildman–Crippen LogP) is 10.8. The summed E-state index contributed by atoms with van der Waals surface area (Å²) in [6.45, 7) is 6.21. The molecular weight excluding hydrogens is 633 g/mol. The van der Waals surface area contributed by atoms with Gasteiger partial charge in [-0.25, -0.2) is 15.0 Å². The lowest BCUT2D eigenvalue weighted by atomic mass is 9.95. The fourth-order valence-corrected chi connectivity index (χ4v) is 6.45. The molecule has 1 aliphatic heterocycles.